The molecule has 2 aliphatic rings. The SMILES string of the molecule is O=C(Cc1ccc(S(=O)(=O)N2CCCCC2)cc1)N1CCn2nccc21. The van der Waals surface area contributed by atoms with Crippen LogP contribution in [0.2, 0.25) is 0 Å². The molecular formula is C18H22N4O3S. The average Bonchev–Trinajstić information content (AvgIpc) is 3.26. The first-order chi connectivity index (χ1) is 12.6. The fraction of sp³-hybridized carbons (Fsp3) is 0.444. The maximum Gasteiger partial charge on any atom is 0.243 e. The van der Waals surface area contributed by atoms with Crippen molar-refractivity contribution in [1.82, 2.24) is 14.1 Å². The summed E-state index contributed by atoms with van der Waals surface area (Å²) in [6.45, 7) is 2.51. The molecule has 1 aromatic heterocycles. The van der Waals surface area contributed by atoms with E-state index < -0.39 is 10.0 Å². The number of anilines is 1. The third-order valence-electron chi connectivity index (χ3n) is 5.04. The van der Waals surface area contributed by atoms with Crippen LogP contribution < -0.4 is 4.90 Å². The van der Waals surface area contributed by atoms with Gasteiger partial charge < -0.3 is 0 Å². The lowest BCUT2D eigenvalue weighted by Crippen LogP contribution is -2.35. The predicted octanol–water partition coefficient (Wildman–Crippen LogP) is 1.65. The molecular weight excluding hydrogens is 352 g/mol. The van der Waals surface area contributed by atoms with E-state index in [0.717, 1.165) is 30.6 Å². The molecule has 138 valence electrons. The zero-order valence-corrected chi connectivity index (χ0v) is 15.4. The van der Waals surface area contributed by atoms with Crippen molar-refractivity contribution in [2.45, 2.75) is 37.1 Å². The Morgan fingerprint density at radius 1 is 0.962 bits per heavy atom. The van der Waals surface area contributed by atoms with Crippen LogP contribution in [0.5, 0.6) is 0 Å². The second kappa shape index (κ2) is 6.85. The van der Waals surface area contributed by atoms with Gasteiger partial charge in [-0.05, 0) is 30.5 Å². The lowest BCUT2D eigenvalue weighted by Gasteiger charge is -2.25. The predicted molar refractivity (Wildman–Crippen MR) is 97.3 cm³/mol. The maximum absolute atomic E-state index is 12.7. The molecule has 0 spiro atoms. The Labute approximate surface area is 153 Å². The highest BCUT2D eigenvalue weighted by atomic mass is 32.2. The van der Waals surface area contributed by atoms with E-state index >= 15 is 0 Å². The third-order valence-corrected chi connectivity index (χ3v) is 6.95. The van der Waals surface area contributed by atoms with Crippen molar-refractivity contribution in [3.63, 3.8) is 0 Å². The van der Waals surface area contributed by atoms with Crippen LogP contribution in [-0.2, 0) is 27.8 Å². The lowest BCUT2D eigenvalue weighted by molar-refractivity contribution is -0.117. The Bertz CT molecular complexity index is 899. The molecule has 0 aliphatic carbocycles. The first-order valence-corrected chi connectivity index (χ1v) is 10.4. The van der Waals surface area contributed by atoms with Crippen LogP contribution in [0.3, 0.4) is 0 Å². The first kappa shape index (κ1) is 17.2. The topological polar surface area (TPSA) is 75.5 Å². The Kier molecular flexibility index (Phi) is 4.54. The molecule has 0 bridgehead atoms. The summed E-state index contributed by atoms with van der Waals surface area (Å²) in [5.41, 5.74) is 0.811. The van der Waals surface area contributed by atoms with Crippen LogP contribution in [0.1, 0.15) is 24.8 Å². The number of rotatable bonds is 4. The summed E-state index contributed by atoms with van der Waals surface area (Å²) in [7, 11) is -3.43. The van der Waals surface area contributed by atoms with Gasteiger partial charge in [0, 0.05) is 25.7 Å². The molecule has 2 aromatic rings. The van der Waals surface area contributed by atoms with E-state index in [0.29, 0.717) is 31.1 Å². The van der Waals surface area contributed by atoms with Crippen LogP contribution in [-0.4, -0.2) is 48.0 Å². The smallest absolute Gasteiger partial charge is 0.243 e. The second-order valence-corrected chi connectivity index (χ2v) is 8.68. The Hall–Kier alpha value is -2.19. The molecule has 1 aromatic carbocycles. The summed E-state index contributed by atoms with van der Waals surface area (Å²) < 4.78 is 28.7. The highest BCUT2D eigenvalue weighted by Gasteiger charge is 2.27. The van der Waals surface area contributed by atoms with Crippen molar-refractivity contribution >= 4 is 21.7 Å². The van der Waals surface area contributed by atoms with Crippen LogP contribution in [0.4, 0.5) is 5.82 Å². The van der Waals surface area contributed by atoms with Crippen LogP contribution in [0.25, 0.3) is 0 Å². The van der Waals surface area contributed by atoms with Gasteiger partial charge in [0.2, 0.25) is 15.9 Å². The number of piperidine rings is 1. The number of aromatic nitrogens is 2. The standard InChI is InChI=1S/C18H22N4O3S/c23-18(21-12-13-22-17(21)8-9-19-22)14-15-4-6-16(7-5-15)26(24,25)20-10-2-1-3-11-20/h4-9H,1-3,10-14H2. The minimum Gasteiger partial charge on any atom is -0.295 e. The van der Waals surface area contributed by atoms with Gasteiger partial charge in [-0.25, -0.2) is 13.1 Å². The van der Waals surface area contributed by atoms with Crippen molar-refractivity contribution in [1.29, 1.82) is 0 Å². The second-order valence-electron chi connectivity index (χ2n) is 6.74. The normalized spacial score (nSPS) is 18.1. The largest absolute Gasteiger partial charge is 0.295 e. The van der Waals surface area contributed by atoms with E-state index in [-0.39, 0.29) is 12.3 Å². The van der Waals surface area contributed by atoms with Gasteiger partial charge >= 0.3 is 0 Å². The maximum atomic E-state index is 12.7. The molecule has 26 heavy (non-hydrogen) atoms. The average molecular weight is 374 g/mol. The molecule has 0 saturated carbocycles. The minimum absolute atomic E-state index is 0.00381. The summed E-state index contributed by atoms with van der Waals surface area (Å²) in [5.74, 6) is 0.815. The Balaban J connectivity index is 1.46. The number of nitrogens with zero attached hydrogens (tertiary/aromatic N) is 4. The minimum atomic E-state index is -3.43. The van der Waals surface area contributed by atoms with Crippen LogP contribution in [0, 0.1) is 0 Å². The molecule has 0 unspecified atom stereocenters. The van der Waals surface area contributed by atoms with Crippen LogP contribution in [0.15, 0.2) is 41.4 Å². The number of hydrogen-bond acceptors (Lipinski definition) is 4. The molecule has 8 heteroatoms. The van der Waals surface area contributed by atoms with E-state index in [2.05, 4.69) is 5.10 Å². The number of fused-ring (bicyclic) bond motifs is 1. The van der Waals surface area contributed by atoms with Crippen molar-refractivity contribution < 1.29 is 13.2 Å². The molecule has 1 saturated heterocycles. The highest BCUT2D eigenvalue weighted by molar-refractivity contribution is 7.89. The fourth-order valence-electron chi connectivity index (χ4n) is 3.59. The van der Waals surface area contributed by atoms with Gasteiger partial charge in [0.25, 0.3) is 0 Å². The molecule has 7 nitrogen and oxygen atoms in total. The highest BCUT2D eigenvalue weighted by Crippen LogP contribution is 2.23. The van der Waals surface area contributed by atoms with E-state index in [4.69, 9.17) is 0 Å². The van der Waals surface area contributed by atoms with E-state index in [1.807, 2.05) is 10.7 Å². The lowest BCUT2D eigenvalue weighted by atomic mass is 10.1. The number of benzene rings is 1. The molecule has 0 radical (unpaired) electrons. The molecule has 1 amide bonds. The van der Waals surface area contributed by atoms with Gasteiger partial charge in [-0.3, -0.25) is 9.69 Å². The molecule has 0 atom stereocenters. The monoisotopic (exact) mass is 374 g/mol. The van der Waals surface area contributed by atoms with Gasteiger partial charge in [0.05, 0.1) is 24.1 Å². The zero-order chi connectivity index (χ0) is 18.1. The Morgan fingerprint density at radius 2 is 1.69 bits per heavy atom. The molecule has 0 N–H and O–H groups in total. The van der Waals surface area contributed by atoms with Crippen molar-refractivity contribution in [3.05, 3.63) is 42.1 Å². The van der Waals surface area contributed by atoms with Gasteiger partial charge in [-0.1, -0.05) is 18.6 Å². The van der Waals surface area contributed by atoms with Gasteiger partial charge in [0.15, 0.2) is 0 Å². The quantitative estimate of drug-likeness (QED) is 0.815. The summed E-state index contributed by atoms with van der Waals surface area (Å²) in [6, 6.07) is 8.53. The van der Waals surface area contributed by atoms with Crippen molar-refractivity contribution in [2.75, 3.05) is 24.5 Å². The van der Waals surface area contributed by atoms with Crippen LogP contribution >= 0.6 is 0 Å². The van der Waals surface area contributed by atoms with E-state index in [9.17, 15) is 13.2 Å². The molecule has 4 rings (SSSR count). The number of hydrogen-bond donors (Lipinski definition) is 0. The number of amides is 1. The van der Waals surface area contributed by atoms with Gasteiger partial charge in [-0.2, -0.15) is 9.40 Å². The number of carbonyl (C=O) groups excluding carboxylic acids is 1. The fourth-order valence-corrected chi connectivity index (χ4v) is 5.11. The summed E-state index contributed by atoms with van der Waals surface area (Å²) >= 11 is 0. The van der Waals surface area contributed by atoms with Crippen molar-refractivity contribution in [3.8, 4) is 0 Å². The Morgan fingerprint density at radius 3 is 2.42 bits per heavy atom. The third kappa shape index (κ3) is 3.14. The van der Waals surface area contributed by atoms with E-state index in [1.54, 1.807) is 39.7 Å². The van der Waals surface area contributed by atoms with E-state index in [1.165, 1.54) is 0 Å². The molecule has 3 heterocycles. The summed E-state index contributed by atoms with van der Waals surface area (Å²) in [4.78, 5) is 14.6. The first-order valence-electron chi connectivity index (χ1n) is 8.97. The van der Waals surface area contributed by atoms with Crippen molar-refractivity contribution in [2.24, 2.45) is 0 Å². The summed E-state index contributed by atoms with van der Waals surface area (Å²) in [5, 5.41) is 4.17. The number of sulfonamides is 1. The van der Waals surface area contributed by atoms with Gasteiger partial charge in [-0.15, -0.1) is 0 Å². The van der Waals surface area contributed by atoms with Gasteiger partial charge in [0.1, 0.15) is 5.82 Å². The molecule has 2 aliphatic heterocycles. The molecule has 1 fully saturated rings. The number of carbonyl (C=O) groups is 1. The summed E-state index contributed by atoms with van der Waals surface area (Å²) in [6.07, 6.45) is 4.85. The zero-order valence-electron chi connectivity index (χ0n) is 14.5.